The SMILES string of the molecule is CCN(CC)CCCC(C)NC(=NC)NCc1ccc(OC)c(C)c1.I. The summed E-state index contributed by atoms with van der Waals surface area (Å²) in [6.07, 6.45) is 2.34. The maximum absolute atomic E-state index is 5.31. The molecule has 1 rings (SSSR count). The first-order valence-electron chi connectivity index (χ1n) is 9.37. The number of hydrogen-bond donors (Lipinski definition) is 2. The third-order valence-corrected chi connectivity index (χ3v) is 4.53. The van der Waals surface area contributed by atoms with E-state index in [1.165, 1.54) is 12.0 Å². The van der Waals surface area contributed by atoms with Crippen molar-refractivity contribution in [1.82, 2.24) is 15.5 Å². The minimum Gasteiger partial charge on any atom is -0.496 e. The van der Waals surface area contributed by atoms with Gasteiger partial charge in [0.25, 0.3) is 0 Å². The Hall–Kier alpha value is -1.02. The molecular weight excluding hydrogens is 439 g/mol. The molecule has 26 heavy (non-hydrogen) atoms. The fourth-order valence-electron chi connectivity index (χ4n) is 2.90. The van der Waals surface area contributed by atoms with Gasteiger partial charge in [0.05, 0.1) is 7.11 Å². The van der Waals surface area contributed by atoms with E-state index in [9.17, 15) is 0 Å². The Bertz CT molecular complexity index is 533. The normalized spacial score (nSPS) is 12.5. The van der Waals surface area contributed by atoms with Crippen LogP contribution in [0.2, 0.25) is 0 Å². The number of guanidine groups is 1. The molecule has 1 atom stereocenters. The average Bonchev–Trinajstić information content (AvgIpc) is 2.62. The van der Waals surface area contributed by atoms with Crippen molar-refractivity contribution in [2.75, 3.05) is 33.8 Å². The second kappa shape index (κ2) is 14.1. The first-order valence-corrected chi connectivity index (χ1v) is 9.37. The molecule has 0 saturated heterocycles. The molecule has 0 aliphatic rings. The van der Waals surface area contributed by atoms with E-state index in [2.05, 4.69) is 60.4 Å². The van der Waals surface area contributed by atoms with E-state index in [1.807, 2.05) is 13.1 Å². The van der Waals surface area contributed by atoms with Crippen LogP contribution in [0.5, 0.6) is 5.75 Å². The summed E-state index contributed by atoms with van der Waals surface area (Å²) < 4.78 is 5.31. The van der Waals surface area contributed by atoms with Crippen molar-refractivity contribution in [3.63, 3.8) is 0 Å². The second-order valence-electron chi connectivity index (χ2n) is 6.44. The molecule has 0 spiro atoms. The fourth-order valence-corrected chi connectivity index (χ4v) is 2.90. The summed E-state index contributed by atoms with van der Waals surface area (Å²) in [4.78, 5) is 6.80. The van der Waals surface area contributed by atoms with Gasteiger partial charge in [-0.2, -0.15) is 0 Å². The lowest BCUT2D eigenvalue weighted by atomic mass is 10.1. The highest BCUT2D eigenvalue weighted by molar-refractivity contribution is 14.0. The summed E-state index contributed by atoms with van der Waals surface area (Å²) in [5.74, 6) is 1.77. The Morgan fingerprint density at radius 2 is 1.96 bits per heavy atom. The molecule has 150 valence electrons. The highest BCUT2D eigenvalue weighted by Gasteiger charge is 2.07. The van der Waals surface area contributed by atoms with Crippen LogP contribution in [-0.4, -0.2) is 50.7 Å². The van der Waals surface area contributed by atoms with Crippen molar-refractivity contribution >= 4 is 29.9 Å². The van der Waals surface area contributed by atoms with Gasteiger partial charge in [-0.3, -0.25) is 4.99 Å². The zero-order chi connectivity index (χ0) is 18.7. The molecule has 0 amide bonds. The second-order valence-corrected chi connectivity index (χ2v) is 6.44. The molecule has 0 saturated carbocycles. The molecule has 1 aromatic rings. The predicted octanol–water partition coefficient (Wildman–Crippen LogP) is 3.80. The summed E-state index contributed by atoms with van der Waals surface area (Å²) in [6.45, 7) is 12.9. The molecule has 0 heterocycles. The fraction of sp³-hybridized carbons (Fsp3) is 0.650. The van der Waals surface area contributed by atoms with E-state index in [0.29, 0.717) is 6.04 Å². The minimum atomic E-state index is 0. The average molecular weight is 476 g/mol. The Kier molecular flexibility index (Phi) is 13.5. The van der Waals surface area contributed by atoms with Gasteiger partial charge in [-0.25, -0.2) is 0 Å². The maximum Gasteiger partial charge on any atom is 0.191 e. The monoisotopic (exact) mass is 476 g/mol. The van der Waals surface area contributed by atoms with Gasteiger partial charge in [-0.15, -0.1) is 24.0 Å². The van der Waals surface area contributed by atoms with Crippen molar-refractivity contribution in [3.8, 4) is 5.75 Å². The molecule has 6 heteroatoms. The number of methoxy groups -OCH3 is 1. The maximum atomic E-state index is 5.31. The summed E-state index contributed by atoms with van der Waals surface area (Å²) in [6, 6.07) is 6.64. The molecule has 0 aliphatic heterocycles. The number of nitrogens with one attached hydrogen (secondary N) is 2. The summed E-state index contributed by atoms with van der Waals surface area (Å²) in [7, 11) is 3.52. The van der Waals surface area contributed by atoms with Crippen molar-refractivity contribution in [2.24, 2.45) is 4.99 Å². The van der Waals surface area contributed by atoms with Gasteiger partial charge < -0.3 is 20.3 Å². The van der Waals surface area contributed by atoms with E-state index in [4.69, 9.17) is 4.74 Å². The lowest BCUT2D eigenvalue weighted by Crippen LogP contribution is -2.42. The Morgan fingerprint density at radius 1 is 1.27 bits per heavy atom. The lowest BCUT2D eigenvalue weighted by molar-refractivity contribution is 0.292. The molecule has 0 radical (unpaired) electrons. The van der Waals surface area contributed by atoms with Crippen molar-refractivity contribution < 1.29 is 4.74 Å². The van der Waals surface area contributed by atoms with Gasteiger partial charge in [0.2, 0.25) is 0 Å². The van der Waals surface area contributed by atoms with Crippen LogP contribution in [0.3, 0.4) is 0 Å². The molecule has 0 aromatic heterocycles. The van der Waals surface area contributed by atoms with Crippen molar-refractivity contribution in [3.05, 3.63) is 29.3 Å². The topological polar surface area (TPSA) is 48.9 Å². The molecule has 1 unspecified atom stereocenters. The van der Waals surface area contributed by atoms with Gasteiger partial charge in [0, 0.05) is 19.6 Å². The van der Waals surface area contributed by atoms with Crippen LogP contribution < -0.4 is 15.4 Å². The molecule has 5 nitrogen and oxygen atoms in total. The third-order valence-electron chi connectivity index (χ3n) is 4.53. The third kappa shape index (κ3) is 9.07. The molecular formula is C20H37IN4O. The van der Waals surface area contributed by atoms with Crippen LogP contribution >= 0.6 is 24.0 Å². The number of benzene rings is 1. The van der Waals surface area contributed by atoms with E-state index in [1.54, 1.807) is 7.11 Å². The van der Waals surface area contributed by atoms with E-state index >= 15 is 0 Å². The Morgan fingerprint density at radius 3 is 2.50 bits per heavy atom. The Balaban J connectivity index is 0.00000625. The number of halogens is 1. The van der Waals surface area contributed by atoms with E-state index in [0.717, 1.165) is 49.9 Å². The number of aliphatic imine (C=N–C) groups is 1. The van der Waals surface area contributed by atoms with Crippen LogP contribution in [0.25, 0.3) is 0 Å². The van der Waals surface area contributed by atoms with Crippen molar-refractivity contribution in [1.29, 1.82) is 0 Å². The highest BCUT2D eigenvalue weighted by atomic mass is 127. The quantitative estimate of drug-likeness (QED) is 0.307. The summed E-state index contributed by atoms with van der Waals surface area (Å²) >= 11 is 0. The van der Waals surface area contributed by atoms with Crippen LogP contribution in [0.4, 0.5) is 0 Å². The minimum absolute atomic E-state index is 0. The number of rotatable bonds is 10. The number of hydrogen-bond acceptors (Lipinski definition) is 3. The molecule has 0 fully saturated rings. The smallest absolute Gasteiger partial charge is 0.191 e. The Labute approximate surface area is 177 Å². The van der Waals surface area contributed by atoms with Crippen LogP contribution in [0, 0.1) is 6.92 Å². The van der Waals surface area contributed by atoms with E-state index in [-0.39, 0.29) is 24.0 Å². The first-order chi connectivity index (χ1) is 12.0. The number of ether oxygens (including phenoxy) is 1. The van der Waals surface area contributed by atoms with Gasteiger partial charge >= 0.3 is 0 Å². The zero-order valence-corrected chi connectivity index (χ0v) is 19.6. The lowest BCUT2D eigenvalue weighted by Gasteiger charge is -2.21. The van der Waals surface area contributed by atoms with Gasteiger partial charge in [-0.1, -0.05) is 26.0 Å². The predicted molar refractivity (Wildman–Crippen MR) is 123 cm³/mol. The van der Waals surface area contributed by atoms with Crippen LogP contribution in [0.15, 0.2) is 23.2 Å². The molecule has 2 N–H and O–H groups in total. The van der Waals surface area contributed by atoms with Gasteiger partial charge in [0.15, 0.2) is 5.96 Å². The molecule has 1 aromatic carbocycles. The summed E-state index contributed by atoms with van der Waals surface area (Å²) in [5, 5.41) is 6.87. The number of aryl methyl sites for hydroxylation is 1. The van der Waals surface area contributed by atoms with Crippen molar-refractivity contribution in [2.45, 2.75) is 53.1 Å². The zero-order valence-electron chi connectivity index (χ0n) is 17.3. The molecule has 0 aliphatic carbocycles. The van der Waals surface area contributed by atoms with Gasteiger partial charge in [-0.05, 0) is 63.5 Å². The first kappa shape index (κ1) is 25.0. The number of nitrogens with zero attached hydrogens (tertiary/aromatic N) is 2. The van der Waals surface area contributed by atoms with Gasteiger partial charge in [0.1, 0.15) is 5.75 Å². The summed E-state index contributed by atoms with van der Waals surface area (Å²) in [5.41, 5.74) is 2.37. The standard InChI is InChI=1S/C20H36N4O.HI/c1-7-24(8-2)13-9-10-17(4)23-20(21-5)22-15-18-11-12-19(25-6)16(3)14-18;/h11-12,14,17H,7-10,13,15H2,1-6H3,(H2,21,22,23);1H. The van der Waals surface area contributed by atoms with Crippen LogP contribution in [0.1, 0.15) is 44.7 Å². The van der Waals surface area contributed by atoms with E-state index < -0.39 is 0 Å². The highest BCUT2D eigenvalue weighted by Crippen LogP contribution is 2.18. The largest absolute Gasteiger partial charge is 0.496 e. The molecule has 0 bridgehead atoms. The van der Waals surface area contributed by atoms with Crippen LogP contribution in [-0.2, 0) is 6.54 Å².